The third-order valence-electron chi connectivity index (χ3n) is 9.47. The SMILES string of the molecule is CCOC(CN(Cc1cccc2sc(NC(=O)OC(C)(C)C)nc12)C(=O)C(Cc1ccc(OC(C)(C)C)cc1)NC(=O)C1(CNC(=O)NCc2ccccc2)CC1)OCC. The van der Waals surface area contributed by atoms with Crippen molar-refractivity contribution in [2.75, 3.05) is 31.6 Å². The number of amides is 5. The second-order valence-electron chi connectivity index (χ2n) is 16.9. The summed E-state index contributed by atoms with van der Waals surface area (Å²) < 4.78 is 24.2. The number of rotatable bonds is 19. The molecule has 1 atom stereocenters. The molecule has 1 aromatic heterocycles. The maximum absolute atomic E-state index is 15.0. The van der Waals surface area contributed by atoms with E-state index < -0.39 is 35.0 Å². The van der Waals surface area contributed by atoms with Crippen molar-refractivity contribution in [3.63, 3.8) is 0 Å². The van der Waals surface area contributed by atoms with Crippen molar-refractivity contribution in [2.24, 2.45) is 5.41 Å². The molecule has 4 N–H and O–H groups in total. The van der Waals surface area contributed by atoms with Gasteiger partial charge in [0.05, 0.1) is 22.2 Å². The van der Waals surface area contributed by atoms with Crippen LogP contribution in [0.25, 0.3) is 10.2 Å². The third-order valence-corrected chi connectivity index (χ3v) is 10.4. The molecule has 5 rings (SSSR count). The Labute approximate surface area is 357 Å². The normalized spacial score (nSPS) is 13.9. The van der Waals surface area contributed by atoms with Crippen LogP contribution in [0.5, 0.6) is 5.75 Å². The summed E-state index contributed by atoms with van der Waals surface area (Å²) in [6.07, 6.45) is -0.0743. The topological polar surface area (TPSA) is 169 Å². The second-order valence-corrected chi connectivity index (χ2v) is 17.9. The first-order valence-corrected chi connectivity index (χ1v) is 21.3. The van der Waals surface area contributed by atoms with E-state index in [1.807, 2.05) is 107 Å². The highest BCUT2D eigenvalue weighted by molar-refractivity contribution is 7.22. The molecule has 0 bridgehead atoms. The molecule has 60 heavy (non-hydrogen) atoms. The summed E-state index contributed by atoms with van der Waals surface area (Å²) in [6.45, 7) is 16.3. The van der Waals surface area contributed by atoms with Crippen LogP contribution in [0.1, 0.15) is 84.9 Å². The van der Waals surface area contributed by atoms with Crippen molar-refractivity contribution in [2.45, 2.75) is 111 Å². The van der Waals surface area contributed by atoms with Gasteiger partial charge in [0.2, 0.25) is 11.8 Å². The number of hydrogen-bond donors (Lipinski definition) is 4. The Bertz CT molecular complexity index is 2050. The van der Waals surface area contributed by atoms with Crippen molar-refractivity contribution in [3.05, 3.63) is 89.5 Å². The monoisotopic (exact) mass is 844 g/mol. The Morgan fingerprint density at radius 2 is 1.52 bits per heavy atom. The summed E-state index contributed by atoms with van der Waals surface area (Å²) >= 11 is 1.29. The molecule has 1 saturated carbocycles. The summed E-state index contributed by atoms with van der Waals surface area (Å²) in [6, 6.07) is 21.3. The number of benzene rings is 3. The number of nitrogens with one attached hydrogen (secondary N) is 4. The van der Waals surface area contributed by atoms with Crippen molar-refractivity contribution >= 4 is 50.6 Å². The summed E-state index contributed by atoms with van der Waals surface area (Å²) in [5.74, 6) is 0.00967. The molecule has 4 aromatic rings. The van der Waals surface area contributed by atoms with Crippen LogP contribution in [0, 0.1) is 5.41 Å². The van der Waals surface area contributed by atoms with Crippen LogP contribution in [-0.2, 0) is 43.3 Å². The minimum atomic E-state index is -1.00. The van der Waals surface area contributed by atoms with Gasteiger partial charge >= 0.3 is 12.1 Å². The van der Waals surface area contributed by atoms with Gasteiger partial charge in [0.15, 0.2) is 11.4 Å². The quantitative estimate of drug-likeness (QED) is 0.0697. The Morgan fingerprint density at radius 1 is 0.833 bits per heavy atom. The summed E-state index contributed by atoms with van der Waals surface area (Å²) in [5.41, 5.74) is 1.15. The van der Waals surface area contributed by atoms with Crippen molar-refractivity contribution < 1.29 is 38.1 Å². The number of nitrogens with zero attached hydrogens (tertiary/aromatic N) is 2. The Balaban J connectivity index is 1.41. The zero-order valence-corrected chi connectivity index (χ0v) is 36.8. The van der Waals surface area contributed by atoms with Crippen LogP contribution in [-0.4, -0.2) is 83.7 Å². The Hall–Kier alpha value is -5.25. The second kappa shape index (κ2) is 20.3. The van der Waals surface area contributed by atoms with Gasteiger partial charge in [-0.2, -0.15) is 0 Å². The maximum atomic E-state index is 15.0. The van der Waals surface area contributed by atoms with Gasteiger partial charge in [0.1, 0.15) is 23.0 Å². The van der Waals surface area contributed by atoms with Gasteiger partial charge in [-0.1, -0.05) is 65.9 Å². The molecular weight excluding hydrogens is 785 g/mol. The molecule has 0 radical (unpaired) electrons. The number of aromatic nitrogens is 1. The lowest BCUT2D eigenvalue weighted by Crippen LogP contribution is -2.54. The number of carbonyl (C=O) groups excluding carboxylic acids is 4. The predicted octanol–water partition coefficient (Wildman–Crippen LogP) is 7.56. The predicted molar refractivity (Wildman–Crippen MR) is 233 cm³/mol. The van der Waals surface area contributed by atoms with Crippen molar-refractivity contribution in [1.82, 2.24) is 25.8 Å². The Morgan fingerprint density at radius 3 is 2.13 bits per heavy atom. The highest BCUT2D eigenvalue weighted by atomic mass is 32.1. The number of fused-ring (bicyclic) bond motifs is 1. The van der Waals surface area contributed by atoms with Crippen LogP contribution < -0.4 is 26.0 Å². The van der Waals surface area contributed by atoms with E-state index in [-0.39, 0.29) is 43.9 Å². The largest absolute Gasteiger partial charge is 0.488 e. The maximum Gasteiger partial charge on any atom is 0.413 e. The van der Waals surface area contributed by atoms with Crippen LogP contribution in [0.2, 0.25) is 0 Å². The molecule has 1 heterocycles. The van der Waals surface area contributed by atoms with Gasteiger partial charge in [-0.3, -0.25) is 14.9 Å². The molecule has 0 spiro atoms. The van der Waals surface area contributed by atoms with Gasteiger partial charge in [-0.15, -0.1) is 0 Å². The summed E-state index contributed by atoms with van der Waals surface area (Å²) in [5, 5.41) is 11.9. The van der Waals surface area contributed by atoms with Crippen LogP contribution >= 0.6 is 11.3 Å². The number of urea groups is 1. The van der Waals surface area contributed by atoms with E-state index in [0.29, 0.717) is 49.0 Å². The highest BCUT2D eigenvalue weighted by Crippen LogP contribution is 2.45. The first-order valence-electron chi connectivity index (χ1n) is 20.5. The molecule has 3 aromatic carbocycles. The molecule has 14 nitrogen and oxygen atoms in total. The van der Waals surface area contributed by atoms with Crippen molar-refractivity contribution in [1.29, 1.82) is 0 Å². The lowest BCUT2D eigenvalue weighted by molar-refractivity contribution is -0.161. The number of thiazole rings is 1. The zero-order chi connectivity index (χ0) is 43.5. The molecule has 1 aliphatic rings. The number of para-hydroxylation sites is 1. The lowest BCUT2D eigenvalue weighted by Gasteiger charge is -2.32. The minimum absolute atomic E-state index is 0.0586. The Kier molecular flexibility index (Phi) is 15.5. The van der Waals surface area contributed by atoms with Gasteiger partial charge in [0.25, 0.3) is 0 Å². The first kappa shape index (κ1) is 45.8. The lowest BCUT2D eigenvalue weighted by atomic mass is 10.0. The standard InChI is InChI=1S/C45H60N6O8S/c1-9-56-36(57-10-2)28-51(27-32-17-14-18-35-37(32)49-41(60-35)50-42(55)59-44(6,7)8)38(52)34(25-30-19-21-33(22-20-30)58-43(3,4)5)48-39(53)45(23-24-45)29-47-40(54)46-26-31-15-12-11-13-16-31/h11-22,34,36H,9-10,23-29H2,1-8H3,(H,48,53)(H2,46,47,54)(H,49,50,55). The van der Waals surface area contributed by atoms with Crippen molar-refractivity contribution in [3.8, 4) is 5.75 Å². The summed E-state index contributed by atoms with van der Waals surface area (Å²) in [7, 11) is 0. The van der Waals surface area contributed by atoms with Crippen LogP contribution in [0.3, 0.4) is 0 Å². The average Bonchev–Trinajstić information content (AvgIpc) is 3.87. The molecule has 5 amide bonds. The number of ether oxygens (including phenoxy) is 4. The minimum Gasteiger partial charge on any atom is -0.488 e. The van der Waals surface area contributed by atoms with Gasteiger partial charge in [0, 0.05) is 39.3 Å². The first-order chi connectivity index (χ1) is 28.5. The molecule has 1 aliphatic carbocycles. The highest BCUT2D eigenvalue weighted by Gasteiger charge is 2.51. The van der Waals surface area contributed by atoms with E-state index in [9.17, 15) is 14.4 Å². The van der Waals surface area contributed by atoms with E-state index in [2.05, 4.69) is 21.3 Å². The van der Waals surface area contributed by atoms with E-state index in [0.717, 1.165) is 21.4 Å². The summed E-state index contributed by atoms with van der Waals surface area (Å²) in [4.78, 5) is 61.0. The molecule has 324 valence electrons. The molecule has 0 saturated heterocycles. The van der Waals surface area contributed by atoms with E-state index >= 15 is 4.79 Å². The van der Waals surface area contributed by atoms with E-state index in [1.165, 1.54) is 11.3 Å². The molecule has 1 fully saturated rings. The number of carbonyl (C=O) groups is 4. The molecular formula is C45H60N6O8S. The fourth-order valence-corrected chi connectivity index (χ4v) is 7.36. The van der Waals surface area contributed by atoms with Gasteiger partial charge in [-0.05, 0) is 103 Å². The smallest absolute Gasteiger partial charge is 0.413 e. The molecule has 1 unspecified atom stereocenters. The number of hydrogen-bond acceptors (Lipinski definition) is 10. The fraction of sp³-hybridized carbons (Fsp3) is 0.489. The molecule has 0 aliphatic heterocycles. The average molecular weight is 845 g/mol. The molecule has 15 heteroatoms. The van der Waals surface area contributed by atoms with Crippen LogP contribution in [0.15, 0.2) is 72.8 Å². The van der Waals surface area contributed by atoms with Crippen LogP contribution in [0.4, 0.5) is 14.7 Å². The number of anilines is 1. The van der Waals surface area contributed by atoms with Gasteiger partial charge < -0.3 is 39.8 Å². The van der Waals surface area contributed by atoms with Gasteiger partial charge in [-0.25, -0.2) is 14.6 Å². The fourth-order valence-electron chi connectivity index (χ4n) is 6.46. The van der Waals surface area contributed by atoms with E-state index in [4.69, 9.17) is 23.9 Å². The third kappa shape index (κ3) is 13.9. The van der Waals surface area contributed by atoms with E-state index in [1.54, 1.807) is 25.7 Å². The zero-order valence-electron chi connectivity index (χ0n) is 36.0.